The first kappa shape index (κ1) is 43.8. The maximum Gasteiger partial charge on any atom is 0.417 e. The van der Waals surface area contributed by atoms with Gasteiger partial charge < -0.3 is 34.7 Å². The number of non-ortho nitro benzene ring substituents is 1. The highest BCUT2D eigenvalue weighted by molar-refractivity contribution is 6.01. The Hall–Kier alpha value is -5.28. The van der Waals surface area contributed by atoms with Crippen molar-refractivity contribution in [2.75, 3.05) is 51.4 Å². The van der Waals surface area contributed by atoms with E-state index in [2.05, 4.69) is 30.9 Å². The molecule has 3 heterocycles. The summed E-state index contributed by atoms with van der Waals surface area (Å²) in [5.41, 5.74) is -4.46. The first-order valence-corrected chi connectivity index (χ1v) is 18.5. The maximum atomic E-state index is 14.2. The summed E-state index contributed by atoms with van der Waals surface area (Å²) in [5.74, 6) is -1.32. The van der Waals surface area contributed by atoms with Crippen molar-refractivity contribution in [3.05, 3.63) is 68.9 Å². The summed E-state index contributed by atoms with van der Waals surface area (Å²) in [6, 6.07) is 5.10. The van der Waals surface area contributed by atoms with Gasteiger partial charge in [-0.15, -0.1) is 0 Å². The molecule has 0 radical (unpaired) electrons. The second kappa shape index (κ2) is 18.5. The fourth-order valence-corrected chi connectivity index (χ4v) is 6.72. The Kier molecular flexibility index (Phi) is 14.0. The Balaban J connectivity index is 1.18. The average Bonchev–Trinajstić information content (AvgIpc) is 3.95. The molecule has 3 N–H and O–H groups in total. The summed E-state index contributed by atoms with van der Waals surface area (Å²) in [7, 11) is 0. The van der Waals surface area contributed by atoms with Crippen molar-refractivity contribution in [2.24, 2.45) is 0 Å². The molecule has 1 aliphatic heterocycles. The topological polar surface area (TPSA) is 185 Å². The van der Waals surface area contributed by atoms with Gasteiger partial charge in [0.2, 0.25) is 11.4 Å². The first-order chi connectivity index (χ1) is 27.5. The molecule has 2 amide bonds. The van der Waals surface area contributed by atoms with Crippen molar-refractivity contribution in [3.8, 4) is 11.3 Å². The third-order valence-electron chi connectivity index (χ3n) is 10.0. The Labute approximate surface area is 327 Å². The zero-order valence-electron chi connectivity index (χ0n) is 31.8. The highest BCUT2D eigenvalue weighted by atomic mass is 19.4. The number of hydrogen-bond acceptors (Lipinski definition) is 11. The average molecular weight is 828 g/mol. The van der Waals surface area contributed by atoms with Crippen LogP contribution in [0.15, 0.2) is 41.0 Å². The second-order valence-corrected chi connectivity index (χ2v) is 13.5. The number of benzene rings is 2. The zero-order chi connectivity index (χ0) is 42.3. The van der Waals surface area contributed by atoms with E-state index in [0.29, 0.717) is 49.9 Å². The fraction of sp³-hybridized carbons (Fsp3) is 0.514. The predicted molar refractivity (Wildman–Crippen MR) is 196 cm³/mol. The lowest BCUT2D eigenvalue weighted by Crippen LogP contribution is -2.58. The fourth-order valence-electron chi connectivity index (χ4n) is 6.72. The molecule has 15 nitrogen and oxygen atoms in total. The molecule has 21 heteroatoms. The van der Waals surface area contributed by atoms with Crippen molar-refractivity contribution < 1.29 is 59.7 Å². The lowest BCUT2D eigenvalue weighted by Gasteiger charge is -2.31. The number of amides is 2. The second-order valence-electron chi connectivity index (χ2n) is 13.5. The van der Waals surface area contributed by atoms with Gasteiger partial charge in [-0.05, 0) is 73.3 Å². The van der Waals surface area contributed by atoms with Gasteiger partial charge >= 0.3 is 18.0 Å². The number of nitrogens with zero attached hydrogens (tertiary/aromatic N) is 4. The minimum atomic E-state index is -5.01. The smallest absolute Gasteiger partial charge is 0.381 e. The Morgan fingerprint density at radius 1 is 0.948 bits per heavy atom. The molecule has 1 unspecified atom stereocenters. The number of ether oxygens (including phenoxy) is 3. The molecule has 4 aromatic rings. The van der Waals surface area contributed by atoms with Crippen LogP contribution < -0.4 is 16.0 Å². The molecule has 5 rings (SSSR count). The van der Waals surface area contributed by atoms with Crippen LogP contribution in [0.2, 0.25) is 0 Å². The van der Waals surface area contributed by atoms with E-state index in [1.165, 1.54) is 23.6 Å². The summed E-state index contributed by atoms with van der Waals surface area (Å²) in [5, 5.41) is 27.0. The van der Waals surface area contributed by atoms with Gasteiger partial charge in [0, 0.05) is 49.3 Å². The third kappa shape index (κ3) is 10.0. The predicted octanol–water partition coefficient (Wildman–Crippen LogP) is 6.67. The van der Waals surface area contributed by atoms with Crippen molar-refractivity contribution in [3.63, 3.8) is 0 Å². The highest BCUT2D eigenvalue weighted by Gasteiger charge is 2.40. The minimum Gasteiger partial charge on any atom is -0.381 e. The van der Waals surface area contributed by atoms with Crippen LogP contribution in [0.25, 0.3) is 22.3 Å². The third-order valence-corrected chi connectivity index (χ3v) is 10.0. The number of anilines is 1. The van der Waals surface area contributed by atoms with Crippen LogP contribution in [0.3, 0.4) is 0 Å². The van der Waals surface area contributed by atoms with Gasteiger partial charge in [-0.1, -0.05) is 13.8 Å². The van der Waals surface area contributed by atoms with Crippen LogP contribution in [0.1, 0.15) is 66.7 Å². The largest absolute Gasteiger partial charge is 0.417 e. The molecular weight excluding hydrogens is 784 g/mol. The summed E-state index contributed by atoms with van der Waals surface area (Å²) >= 11 is 0. The van der Waals surface area contributed by atoms with E-state index in [-0.39, 0.29) is 86.0 Å². The number of halogens is 6. The SMILES string of the molecule is CCC(CC)(NC(=O)c1cc(-c2cc(C(F)(F)F)ccc2C(F)(F)F)n(CC2CCCO2)c1C)C(=O)NCCOCCOCCNc1ccc([N+](=O)[O-])c2nonc12. The molecular formula is C37H43F6N7O8. The van der Waals surface area contributed by atoms with Gasteiger partial charge in [0.05, 0.1) is 59.8 Å². The summed E-state index contributed by atoms with van der Waals surface area (Å²) < 4.78 is 107. The van der Waals surface area contributed by atoms with Gasteiger partial charge in [-0.2, -0.15) is 26.3 Å². The number of aromatic nitrogens is 3. The highest BCUT2D eigenvalue weighted by Crippen LogP contribution is 2.42. The number of carbonyl (C=O) groups is 2. The molecule has 316 valence electrons. The van der Waals surface area contributed by atoms with E-state index in [0.717, 1.165) is 6.07 Å². The van der Waals surface area contributed by atoms with Gasteiger partial charge in [-0.3, -0.25) is 19.7 Å². The molecule has 1 atom stereocenters. The van der Waals surface area contributed by atoms with Crippen molar-refractivity contribution in [2.45, 2.75) is 77.0 Å². The van der Waals surface area contributed by atoms with Crippen LogP contribution in [-0.2, 0) is 37.9 Å². The number of fused-ring (bicyclic) bond motifs is 1. The normalized spacial score (nSPS) is 14.9. The quantitative estimate of drug-likeness (QED) is 0.0397. The zero-order valence-corrected chi connectivity index (χ0v) is 31.8. The molecule has 0 spiro atoms. The Morgan fingerprint density at radius 2 is 1.64 bits per heavy atom. The molecule has 1 fully saturated rings. The van der Waals surface area contributed by atoms with Crippen LogP contribution in [-0.4, -0.2) is 89.4 Å². The maximum absolute atomic E-state index is 14.2. The van der Waals surface area contributed by atoms with E-state index in [9.17, 15) is 46.0 Å². The van der Waals surface area contributed by atoms with Gasteiger partial charge in [0.25, 0.3) is 5.91 Å². The molecule has 58 heavy (non-hydrogen) atoms. The van der Waals surface area contributed by atoms with Crippen LogP contribution in [0, 0.1) is 17.0 Å². The monoisotopic (exact) mass is 827 g/mol. The molecule has 0 bridgehead atoms. The van der Waals surface area contributed by atoms with Gasteiger partial charge in [0.1, 0.15) is 5.54 Å². The summed E-state index contributed by atoms with van der Waals surface area (Å²) in [6.45, 7) is 6.37. The minimum absolute atomic E-state index is 0.00976. The van der Waals surface area contributed by atoms with Crippen LogP contribution in [0.5, 0.6) is 0 Å². The lowest BCUT2D eigenvalue weighted by molar-refractivity contribution is -0.383. The standard InChI is InChI=1S/C37H43F6N7O8/c1-4-35(5-2,34(52)45-13-16-56-18-17-55-15-12-44-28-10-11-29(50(53)54)32-31(28)47-58-48-32)46-33(51)25-20-30(49(22(25)3)21-24-7-6-14-57-24)26-19-23(36(38,39)40)8-9-27(26)37(41,42)43/h8-11,19-20,24,44H,4-7,12-18,21H2,1-3H3,(H,45,52)(H,46,51). The molecule has 1 saturated heterocycles. The summed E-state index contributed by atoms with van der Waals surface area (Å²) in [4.78, 5) is 38.0. The van der Waals surface area contributed by atoms with Crippen LogP contribution >= 0.6 is 0 Å². The molecule has 0 aliphatic carbocycles. The molecule has 2 aromatic carbocycles. The number of hydrogen-bond donors (Lipinski definition) is 3. The number of rotatable bonds is 19. The number of alkyl halides is 6. The van der Waals surface area contributed by atoms with Gasteiger partial charge in [0.15, 0.2) is 5.52 Å². The lowest BCUT2D eigenvalue weighted by atomic mass is 9.91. The first-order valence-electron chi connectivity index (χ1n) is 18.5. The van der Waals surface area contributed by atoms with Gasteiger partial charge in [-0.25, -0.2) is 4.63 Å². The molecule has 0 saturated carbocycles. The van der Waals surface area contributed by atoms with E-state index in [4.69, 9.17) is 14.2 Å². The van der Waals surface area contributed by atoms with E-state index in [1.807, 2.05) is 0 Å². The van der Waals surface area contributed by atoms with Crippen LogP contribution in [0.4, 0.5) is 37.7 Å². The number of nitro groups is 1. The van der Waals surface area contributed by atoms with E-state index in [1.54, 1.807) is 13.8 Å². The van der Waals surface area contributed by atoms with E-state index < -0.39 is 57.4 Å². The number of carbonyl (C=O) groups excluding carboxylic acids is 2. The summed E-state index contributed by atoms with van der Waals surface area (Å²) in [6.07, 6.45) is -8.86. The molecule has 2 aromatic heterocycles. The Morgan fingerprint density at radius 3 is 2.26 bits per heavy atom. The van der Waals surface area contributed by atoms with E-state index >= 15 is 0 Å². The van der Waals surface area contributed by atoms with Crippen molar-refractivity contribution in [1.82, 2.24) is 25.5 Å². The van der Waals surface area contributed by atoms with Crippen molar-refractivity contribution >= 4 is 34.2 Å². The Bertz CT molecular complexity index is 2070. The number of nitrogens with one attached hydrogen (secondary N) is 3. The number of nitro benzene ring substituents is 1. The van der Waals surface area contributed by atoms with Crippen molar-refractivity contribution in [1.29, 1.82) is 0 Å². The molecule has 1 aliphatic rings.